The van der Waals surface area contributed by atoms with Crippen molar-refractivity contribution < 1.29 is 9.53 Å². The van der Waals surface area contributed by atoms with Crippen LogP contribution in [0.5, 0.6) is 5.75 Å². The van der Waals surface area contributed by atoms with Gasteiger partial charge in [-0.2, -0.15) is 0 Å². The van der Waals surface area contributed by atoms with Gasteiger partial charge in [0.05, 0.1) is 18.1 Å². The number of carbonyl (C=O) groups is 1. The third-order valence-electron chi connectivity index (χ3n) is 4.87. The van der Waals surface area contributed by atoms with Gasteiger partial charge in [0.2, 0.25) is 5.95 Å². The number of rotatable bonds is 6. The van der Waals surface area contributed by atoms with E-state index in [0.29, 0.717) is 17.4 Å². The van der Waals surface area contributed by atoms with Crippen LogP contribution in [0.15, 0.2) is 67.1 Å². The highest BCUT2D eigenvalue weighted by atomic mass is 16.5. The van der Waals surface area contributed by atoms with Crippen LogP contribution in [0, 0.1) is 0 Å². The van der Waals surface area contributed by atoms with Crippen LogP contribution in [0.1, 0.15) is 6.92 Å². The third kappa shape index (κ3) is 4.83. The minimum absolute atomic E-state index is 0.251. The lowest BCUT2D eigenvalue weighted by molar-refractivity contribution is -0.122. The molecule has 8 heteroatoms. The molecule has 1 aliphatic heterocycles. The molecule has 1 aliphatic rings. The summed E-state index contributed by atoms with van der Waals surface area (Å²) in [6, 6.07) is 15.2. The molecule has 1 aromatic carbocycles. The fourth-order valence-corrected chi connectivity index (χ4v) is 3.23. The number of anilines is 3. The molecule has 2 aromatic heterocycles. The Kier molecular flexibility index (Phi) is 6.03. The van der Waals surface area contributed by atoms with Gasteiger partial charge in [-0.05, 0) is 31.2 Å². The number of aromatic nitrogens is 3. The van der Waals surface area contributed by atoms with Gasteiger partial charge >= 0.3 is 0 Å². The topological polar surface area (TPSA) is 83.5 Å². The van der Waals surface area contributed by atoms with Gasteiger partial charge in [0.1, 0.15) is 11.6 Å². The Balaban J connectivity index is 1.29. The monoisotopic (exact) mass is 404 g/mol. The average Bonchev–Trinajstić information content (AvgIpc) is 2.81. The number of pyridine rings is 1. The van der Waals surface area contributed by atoms with Crippen molar-refractivity contribution in [2.24, 2.45) is 0 Å². The number of nitrogens with zero attached hydrogens (tertiary/aromatic N) is 5. The summed E-state index contributed by atoms with van der Waals surface area (Å²) in [6.45, 7) is 5.04. The fraction of sp³-hybridized carbons (Fsp3) is 0.273. The molecule has 154 valence electrons. The second-order valence-corrected chi connectivity index (χ2v) is 7.00. The van der Waals surface area contributed by atoms with Crippen molar-refractivity contribution in [1.29, 1.82) is 0 Å². The summed E-state index contributed by atoms with van der Waals surface area (Å²) < 4.78 is 5.64. The van der Waals surface area contributed by atoms with Gasteiger partial charge in [0, 0.05) is 32.4 Å². The predicted molar refractivity (Wildman–Crippen MR) is 116 cm³/mol. The van der Waals surface area contributed by atoms with Crippen molar-refractivity contribution in [1.82, 2.24) is 15.0 Å². The molecule has 0 aliphatic carbocycles. The Morgan fingerprint density at radius 1 is 0.933 bits per heavy atom. The van der Waals surface area contributed by atoms with Crippen molar-refractivity contribution in [3.63, 3.8) is 0 Å². The van der Waals surface area contributed by atoms with E-state index >= 15 is 0 Å². The number of ether oxygens (including phenoxy) is 1. The van der Waals surface area contributed by atoms with Crippen molar-refractivity contribution in [2.75, 3.05) is 41.3 Å². The molecule has 1 N–H and O–H groups in total. The summed E-state index contributed by atoms with van der Waals surface area (Å²) in [7, 11) is 0. The first kappa shape index (κ1) is 19.6. The second-order valence-electron chi connectivity index (χ2n) is 7.00. The van der Waals surface area contributed by atoms with E-state index in [-0.39, 0.29) is 5.91 Å². The van der Waals surface area contributed by atoms with Gasteiger partial charge in [0.25, 0.3) is 5.91 Å². The molecule has 8 nitrogen and oxygen atoms in total. The molecule has 3 heterocycles. The highest BCUT2D eigenvalue weighted by molar-refractivity contribution is 5.93. The Bertz CT molecular complexity index is 944. The molecule has 3 aromatic rings. The summed E-state index contributed by atoms with van der Waals surface area (Å²) in [5.74, 6) is 2.04. The zero-order valence-corrected chi connectivity index (χ0v) is 16.8. The van der Waals surface area contributed by atoms with Crippen LogP contribution < -0.4 is 19.9 Å². The van der Waals surface area contributed by atoms with Crippen LogP contribution in [0.2, 0.25) is 0 Å². The molecule has 30 heavy (non-hydrogen) atoms. The van der Waals surface area contributed by atoms with Gasteiger partial charge < -0.3 is 19.9 Å². The number of nitrogens with one attached hydrogen (secondary N) is 1. The molecule has 4 rings (SSSR count). The summed E-state index contributed by atoms with van der Waals surface area (Å²) >= 11 is 0. The third-order valence-corrected chi connectivity index (χ3v) is 4.87. The van der Waals surface area contributed by atoms with Gasteiger partial charge in [0.15, 0.2) is 6.10 Å². The molecule has 1 fully saturated rings. The molecule has 1 saturated heterocycles. The molecular weight excluding hydrogens is 380 g/mol. The van der Waals surface area contributed by atoms with Crippen LogP contribution in [0.25, 0.3) is 0 Å². The molecular formula is C22H24N6O2. The van der Waals surface area contributed by atoms with E-state index in [1.165, 1.54) is 0 Å². The van der Waals surface area contributed by atoms with E-state index in [0.717, 1.165) is 32.0 Å². The molecule has 1 atom stereocenters. The molecule has 0 radical (unpaired) electrons. The summed E-state index contributed by atoms with van der Waals surface area (Å²) in [5, 5.41) is 2.80. The van der Waals surface area contributed by atoms with Crippen molar-refractivity contribution >= 4 is 23.4 Å². The minimum atomic E-state index is -0.633. The lowest BCUT2D eigenvalue weighted by Gasteiger charge is -2.35. The molecule has 0 bridgehead atoms. The number of para-hydroxylation sites is 1. The molecule has 1 amide bonds. The summed E-state index contributed by atoms with van der Waals surface area (Å²) in [6.07, 6.45) is 4.43. The quantitative estimate of drug-likeness (QED) is 0.676. The lowest BCUT2D eigenvalue weighted by atomic mass is 10.3. The van der Waals surface area contributed by atoms with Crippen LogP contribution in [-0.4, -0.2) is 53.1 Å². The van der Waals surface area contributed by atoms with E-state index in [1.807, 2.05) is 54.7 Å². The van der Waals surface area contributed by atoms with Crippen LogP contribution in [-0.2, 0) is 4.79 Å². The first-order valence-corrected chi connectivity index (χ1v) is 9.94. The molecule has 0 saturated carbocycles. The zero-order valence-electron chi connectivity index (χ0n) is 16.8. The number of hydrogen-bond donors (Lipinski definition) is 1. The van der Waals surface area contributed by atoms with Crippen molar-refractivity contribution in [3.8, 4) is 5.75 Å². The van der Waals surface area contributed by atoms with Crippen LogP contribution >= 0.6 is 0 Å². The number of carbonyl (C=O) groups excluding carboxylic acids is 1. The second kappa shape index (κ2) is 9.21. The summed E-state index contributed by atoms with van der Waals surface area (Å²) in [5.41, 5.74) is 0.541. The first-order valence-electron chi connectivity index (χ1n) is 9.94. The molecule has 1 unspecified atom stereocenters. The van der Waals surface area contributed by atoms with E-state index in [1.54, 1.807) is 19.3 Å². The van der Waals surface area contributed by atoms with Crippen molar-refractivity contribution in [3.05, 3.63) is 67.1 Å². The van der Waals surface area contributed by atoms with E-state index in [4.69, 9.17) is 4.74 Å². The largest absolute Gasteiger partial charge is 0.481 e. The van der Waals surface area contributed by atoms with Gasteiger partial charge in [-0.1, -0.05) is 24.3 Å². The maximum absolute atomic E-state index is 12.4. The normalized spacial score (nSPS) is 14.8. The maximum atomic E-state index is 12.4. The van der Waals surface area contributed by atoms with Crippen LogP contribution in [0.4, 0.5) is 17.5 Å². The Morgan fingerprint density at radius 3 is 2.27 bits per heavy atom. The number of hydrogen-bond acceptors (Lipinski definition) is 7. The van der Waals surface area contributed by atoms with E-state index in [2.05, 4.69) is 30.1 Å². The standard InChI is InChI=1S/C22H24N6O2/c1-17(30-19-7-3-2-4-8-19)21(29)26-18-15-24-22(25-16-18)28-13-11-27(12-14-28)20-9-5-6-10-23-20/h2-10,15-17H,11-14H2,1H3,(H,26,29). The summed E-state index contributed by atoms with van der Waals surface area (Å²) in [4.78, 5) is 30.0. The zero-order chi connectivity index (χ0) is 20.8. The van der Waals surface area contributed by atoms with Gasteiger partial charge in [-0.25, -0.2) is 15.0 Å². The number of piperazine rings is 1. The first-order chi connectivity index (χ1) is 14.7. The number of benzene rings is 1. The van der Waals surface area contributed by atoms with E-state index < -0.39 is 6.10 Å². The van der Waals surface area contributed by atoms with Gasteiger partial charge in [-0.15, -0.1) is 0 Å². The number of amides is 1. The lowest BCUT2D eigenvalue weighted by Crippen LogP contribution is -2.47. The fourth-order valence-electron chi connectivity index (χ4n) is 3.23. The maximum Gasteiger partial charge on any atom is 0.265 e. The average molecular weight is 404 g/mol. The van der Waals surface area contributed by atoms with Crippen LogP contribution in [0.3, 0.4) is 0 Å². The van der Waals surface area contributed by atoms with E-state index in [9.17, 15) is 4.79 Å². The Labute approximate surface area is 175 Å². The minimum Gasteiger partial charge on any atom is -0.481 e. The SMILES string of the molecule is CC(Oc1ccccc1)C(=O)Nc1cnc(N2CCN(c3ccccn3)CC2)nc1. The Morgan fingerprint density at radius 2 is 1.60 bits per heavy atom. The van der Waals surface area contributed by atoms with Crippen molar-refractivity contribution in [2.45, 2.75) is 13.0 Å². The highest BCUT2D eigenvalue weighted by Gasteiger charge is 2.20. The van der Waals surface area contributed by atoms with Gasteiger partial charge in [-0.3, -0.25) is 4.79 Å². The predicted octanol–water partition coefficient (Wildman–Crippen LogP) is 2.60. The Hall–Kier alpha value is -3.68. The molecule has 0 spiro atoms. The smallest absolute Gasteiger partial charge is 0.265 e. The highest BCUT2D eigenvalue weighted by Crippen LogP contribution is 2.17.